The van der Waals surface area contributed by atoms with Crippen molar-refractivity contribution in [3.8, 4) is 0 Å². The lowest BCUT2D eigenvalue weighted by Gasteiger charge is -1.92. The first-order chi connectivity index (χ1) is 8.68. The molecule has 1 unspecified atom stereocenters. The van der Waals surface area contributed by atoms with Gasteiger partial charge in [-0.3, -0.25) is 0 Å². The maximum atomic E-state index is 8.96. The third-order valence-corrected chi connectivity index (χ3v) is 2.07. The quantitative estimate of drug-likeness (QED) is 0.654. The van der Waals surface area contributed by atoms with Crippen molar-refractivity contribution in [2.75, 3.05) is 0 Å². The summed E-state index contributed by atoms with van der Waals surface area (Å²) in [5.41, 5.74) is 2.47. The van der Waals surface area contributed by atoms with Crippen LogP contribution in [0.4, 0.5) is 0 Å². The van der Waals surface area contributed by atoms with Crippen LogP contribution in [0.15, 0.2) is 60.7 Å². The minimum absolute atomic E-state index is 1.23. The Labute approximate surface area is 114 Å². The Morgan fingerprint density at radius 2 is 1.11 bits per heavy atom. The van der Waals surface area contributed by atoms with Gasteiger partial charge in [0.2, 0.25) is 0 Å². The molecule has 4 heteroatoms. The largest absolute Gasteiger partial charge is 0.308 e. The zero-order valence-corrected chi connectivity index (χ0v) is 11.4. The smallest absolute Gasteiger partial charge is 0.130 e. The summed E-state index contributed by atoms with van der Waals surface area (Å²) in [7, 11) is -2.29. The lowest BCUT2D eigenvalue weighted by atomic mass is 10.1. The molecule has 0 amide bonds. The number of rotatable bonds is 2. The zero-order valence-electron chi connectivity index (χ0n) is 9.64. The molecule has 0 radical (unpaired) electrons. The van der Waals surface area contributed by atoms with Crippen molar-refractivity contribution in [3.05, 3.63) is 71.8 Å². The van der Waals surface area contributed by atoms with Crippen molar-refractivity contribution < 1.29 is 8.76 Å². The number of hydrogen-bond acceptors (Lipinski definition) is 2. The third kappa shape index (κ3) is 6.96. The van der Waals surface area contributed by atoms with Crippen LogP contribution < -0.4 is 0 Å². The molecule has 0 aliphatic carbocycles. The van der Waals surface area contributed by atoms with Gasteiger partial charge in [-0.15, -0.1) is 0 Å². The fourth-order valence-electron chi connectivity index (χ4n) is 1.32. The fraction of sp³-hybridized carbons (Fsp3) is 0. The molecule has 0 saturated heterocycles. The highest BCUT2D eigenvalue weighted by atomic mass is 32.8. The molecule has 0 bridgehead atoms. The van der Waals surface area contributed by atoms with E-state index in [1.165, 1.54) is 11.1 Å². The highest BCUT2D eigenvalue weighted by Gasteiger charge is 1.84. The van der Waals surface area contributed by atoms with Crippen LogP contribution in [0.2, 0.25) is 0 Å². The van der Waals surface area contributed by atoms with Crippen LogP contribution in [0.1, 0.15) is 11.1 Å². The van der Waals surface area contributed by atoms with E-state index in [-0.39, 0.29) is 0 Å². The lowest BCUT2D eigenvalue weighted by Crippen LogP contribution is -1.70. The van der Waals surface area contributed by atoms with Crippen molar-refractivity contribution in [1.29, 1.82) is 0 Å². The van der Waals surface area contributed by atoms with Crippen molar-refractivity contribution in [1.82, 2.24) is 0 Å². The molecule has 0 aromatic heterocycles. The van der Waals surface area contributed by atoms with Gasteiger partial charge in [-0.25, -0.2) is 4.21 Å². The van der Waals surface area contributed by atoms with E-state index < -0.39 is 9.64 Å². The second-order valence-electron chi connectivity index (χ2n) is 3.39. The Balaban J connectivity index is 0.000000357. The van der Waals surface area contributed by atoms with Gasteiger partial charge >= 0.3 is 0 Å². The Morgan fingerprint density at radius 1 is 0.833 bits per heavy atom. The second kappa shape index (κ2) is 8.58. The van der Waals surface area contributed by atoms with Gasteiger partial charge in [0.25, 0.3) is 0 Å². The van der Waals surface area contributed by atoms with E-state index in [4.69, 9.17) is 8.76 Å². The molecule has 0 aliphatic heterocycles. The molecule has 2 aromatic carbocycles. The first kappa shape index (κ1) is 14.6. The van der Waals surface area contributed by atoms with E-state index in [2.05, 4.69) is 47.6 Å². The van der Waals surface area contributed by atoms with E-state index in [9.17, 15) is 0 Å². The monoisotopic (exact) mass is 278 g/mol. The second-order valence-corrected chi connectivity index (χ2v) is 4.81. The van der Waals surface area contributed by atoms with Crippen LogP contribution in [-0.2, 0) is 20.8 Å². The number of hydrogen-bond donors (Lipinski definition) is 2. The zero-order chi connectivity index (χ0) is 13.2. The fourth-order valence-corrected chi connectivity index (χ4v) is 1.32. The van der Waals surface area contributed by atoms with Crippen LogP contribution in [0, 0.1) is 0 Å². The minimum atomic E-state index is -2.29. The average molecular weight is 278 g/mol. The normalized spacial score (nSPS) is 11.6. The molecule has 0 heterocycles. The highest BCUT2D eigenvalue weighted by Crippen LogP contribution is 2.06. The molecule has 18 heavy (non-hydrogen) atoms. The van der Waals surface area contributed by atoms with Gasteiger partial charge in [0.1, 0.15) is 9.64 Å². The molecular weight excluding hydrogens is 264 g/mol. The van der Waals surface area contributed by atoms with Crippen LogP contribution in [0.5, 0.6) is 0 Å². The number of thiol groups is 1. The molecule has 0 spiro atoms. The summed E-state index contributed by atoms with van der Waals surface area (Å²) in [6.45, 7) is 0. The molecule has 1 atom stereocenters. The summed E-state index contributed by atoms with van der Waals surface area (Å²) in [4.78, 5) is 0. The third-order valence-electron chi connectivity index (χ3n) is 2.07. The number of benzene rings is 2. The molecule has 2 nitrogen and oxygen atoms in total. The highest BCUT2D eigenvalue weighted by molar-refractivity contribution is 8.18. The molecule has 0 fully saturated rings. The van der Waals surface area contributed by atoms with Crippen LogP contribution in [-0.4, -0.2) is 8.76 Å². The molecule has 2 rings (SSSR count). The van der Waals surface area contributed by atoms with Gasteiger partial charge in [0.05, 0.1) is 0 Å². The maximum Gasteiger partial charge on any atom is 0.130 e. The summed E-state index contributed by atoms with van der Waals surface area (Å²) in [5, 5.41) is 0. The molecular formula is C14H14O2S2. The summed E-state index contributed by atoms with van der Waals surface area (Å²) in [5.74, 6) is 0. The Bertz CT molecular complexity index is 497. The summed E-state index contributed by atoms with van der Waals surface area (Å²) in [6, 6.07) is 20.6. The van der Waals surface area contributed by atoms with Crippen LogP contribution >= 0.6 is 0 Å². The van der Waals surface area contributed by atoms with Gasteiger partial charge in [-0.1, -0.05) is 72.8 Å². The summed E-state index contributed by atoms with van der Waals surface area (Å²) >= 11 is 3.69. The van der Waals surface area contributed by atoms with Crippen molar-refractivity contribution in [2.24, 2.45) is 0 Å². The predicted molar refractivity (Wildman–Crippen MR) is 81.3 cm³/mol. The SMILES string of the molecule is C(=Cc1ccccc1)c1ccccc1.O=[SH](O)=S. The molecule has 0 saturated carbocycles. The first-order valence-electron chi connectivity index (χ1n) is 5.30. The van der Waals surface area contributed by atoms with E-state index in [0.717, 1.165) is 0 Å². The van der Waals surface area contributed by atoms with Gasteiger partial charge < -0.3 is 4.55 Å². The topological polar surface area (TPSA) is 37.3 Å². The Morgan fingerprint density at radius 3 is 1.39 bits per heavy atom. The summed E-state index contributed by atoms with van der Waals surface area (Å²) in [6.07, 6.45) is 4.24. The van der Waals surface area contributed by atoms with Gasteiger partial charge in [-0.2, -0.15) is 0 Å². The van der Waals surface area contributed by atoms with E-state index >= 15 is 0 Å². The Hall–Kier alpha value is -1.49. The van der Waals surface area contributed by atoms with E-state index in [1.54, 1.807) is 0 Å². The average Bonchev–Trinajstić information content (AvgIpc) is 2.38. The molecule has 2 aromatic rings. The van der Waals surface area contributed by atoms with Crippen molar-refractivity contribution >= 4 is 33.0 Å². The van der Waals surface area contributed by atoms with Crippen LogP contribution in [0.3, 0.4) is 0 Å². The predicted octanol–water partition coefficient (Wildman–Crippen LogP) is 3.26. The standard InChI is InChI=1S/C14H12.H2O2S2/c1-3-7-13(8-4-1)11-12-14-9-5-2-6-10-14;1-4(2)3/h1-12H;4H,(H,1,2,3). The van der Waals surface area contributed by atoms with E-state index in [1.807, 2.05) is 36.4 Å². The summed E-state index contributed by atoms with van der Waals surface area (Å²) < 4.78 is 16.3. The van der Waals surface area contributed by atoms with Gasteiger partial charge in [0, 0.05) is 11.2 Å². The van der Waals surface area contributed by atoms with Crippen LogP contribution in [0.25, 0.3) is 12.2 Å². The van der Waals surface area contributed by atoms with Gasteiger partial charge in [-0.05, 0) is 11.1 Å². The molecule has 0 aliphatic rings. The minimum Gasteiger partial charge on any atom is -0.308 e. The van der Waals surface area contributed by atoms with Crippen molar-refractivity contribution in [3.63, 3.8) is 0 Å². The van der Waals surface area contributed by atoms with E-state index in [0.29, 0.717) is 0 Å². The van der Waals surface area contributed by atoms with Gasteiger partial charge in [0.15, 0.2) is 0 Å². The molecule has 1 N–H and O–H groups in total. The lowest BCUT2D eigenvalue weighted by molar-refractivity contribution is 0.583. The molecule has 94 valence electrons. The Kier molecular flexibility index (Phi) is 6.94. The van der Waals surface area contributed by atoms with Crippen molar-refractivity contribution in [2.45, 2.75) is 0 Å². The maximum absolute atomic E-state index is 8.96. The first-order valence-corrected chi connectivity index (χ1v) is 7.52.